The average molecular weight is 407 g/mol. The Bertz CT molecular complexity index is 278. The van der Waals surface area contributed by atoms with Gasteiger partial charge in [0, 0.05) is 13.2 Å². The predicted molar refractivity (Wildman–Crippen MR) is 113 cm³/mol. The Balaban J connectivity index is 3.00. The smallest absolute Gasteiger partial charge is 0.0701 e. The summed E-state index contributed by atoms with van der Waals surface area (Å²) in [4.78, 5) is 0. The van der Waals surface area contributed by atoms with Crippen molar-refractivity contribution in [2.45, 2.75) is 59.3 Å². The van der Waals surface area contributed by atoms with E-state index in [4.69, 9.17) is 28.4 Å². The van der Waals surface area contributed by atoms with E-state index in [1.54, 1.807) is 0 Å². The Kier molecular flexibility index (Phi) is 24.6. The van der Waals surface area contributed by atoms with Crippen LogP contribution < -0.4 is 0 Å². The highest BCUT2D eigenvalue weighted by Crippen LogP contribution is 2.02. The second-order valence-corrected chi connectivity index (χ2v) is 7.06. The van der Waals surface area contributed by atoms with E-state index in [0.717, 1.165) is 26.1 Å². The molecule has 0 aromatic carbocycles. The molecule has 0 radical (unpaired) electrons. The zero-order chi connectivity index (χ0) is 20.5. The molecular formula is C22H46O6. The van der Waals surface area contributed by atoms with E-state index in [2.05, 4.69) is 20.8 Å². The van der Waals surface area contributed by atoms with E-state index >= 15 is 0 Å². The van der Waals surface area contributed by atoms with Crippen LogP contribution in [0.4, 0.5) is 0 Å². The van der Waals surface area contributed by atoms with Crippen LogP contribution >= 0.6 is 0 Å². The van der Waals surface area contributed by atoms with Crippen molar-refractivity contribution < 1.29 is 28.4 Å². The molecular weight excluding hydrogens is 360 g/mol. The summed E-state index contributed by atoms with van der Waals surface area (Å²) >= 11 is 0. The molecule has 0 aliphatic heterocycles. The van der Waals surface area contributed by atoms with Gasteiger partial charge in [-0.2, -0.15) is 0 Å². The number of unbranched alkanes of at least 4 members (excludes halogenated alkanes) is 4. The van der Waals surface area contributed by atoms with E-state index in [-0.39, 0.29) is 0 Å². The van der Waals surface area contributed by atoms with Crippen molar-refractivity contribution in [1.29, 1.82) is 0 Å². The lowest BCUT2D eigenvalue weighted by Crippen LogP contribution is -2.14. The first-order valence-electron chi connectivity index (χ1n) is 11.3. The van der Waals surface area contributed by atoms with Crippen molar-refractivity contribution in [2.24, 2.45) is 5.92 Å². The summed E-state index contributed by atoms with van der Waals surface area (Å²) < 4.78 is 32.9. The lowest BCUT2D eigenvalue weighted by Gasteiger charge is -2.10. The molecule has 6 nitrogen and oxygen atoms in total. The summed E-state index contributed by atoms with van der Waals surface area (Å²) in [5, 5.41) is 0. The SMILES string of the molecule is CCCCCCCOCCOCCOCCOCCOCCOCC(C)CC. The van der Waals surface area contributed by atoms with Crippen molar-refractivity contribution in [3.8, 4) is 0 Å². The fraction of sp³-hybridized carbons (Fsp3) is 1.00. The van der Waals surface area contributed by atoms with Crippen LogP contribution in [0.15, 0.2) is 0 Å². The molecule has 0 amide bonds. The molecule has 1 unspecified atom stereocenters. The van der Waals surface area contributed by atoms with Gasteiger partial charge in [-0.1, -0.05) is 52.9 Å². The van der Waals surface area contributed by atoms with Crippen LogP contribution in [0.25, 0.3) is 0 Å². The van der Waals surface area contributed by atoms with Gasteiger partial charge in [0.2, 0.25) is 0 Å². The third-order valence-electron chi connectivity index (χ3n) is 4.35. The van der Waals surface area contributed by atoms with Crippen molar-refractivity contribution in [2.75, 3.05) is 79.3 Å². The van der Waals surface area contributed by atoms with Crippen molar-refractivity contribution in [3.63, 3.8) is 0 Å². The standard InChI is InChI=1S/C22H46O6/c1-4-6-7-8-9-10-23-11-12-24-13-14-25-15-16-26-17-18-27-19-20-28-21-22(3)5-2/h22H,4-21H2,1-3H3. The quantitative estimate of drug-likeness (QED) is 0.225. The second-order valence-electron chi connectivity index (χ2n) is 7.06. The molecule has 28 heavy (non-hydrogen) atoms. The molecule has 0 spiro atoms. The maximum Gasteiger partial charge on any atom is 0.0701 e. The maximum absolute atomic E-state index is 5.54. The number of rotatable bonds is 24. The van der Waals surface area contributed by atoms with Crippen LogP contribution in [0.2, 0.25) is 0 Å². The van der Waals surface area contributed by atoms with Crippen LogP contribution in [0.3, 0.4) is 0 Å². The Morgan fingerprint density at radius 3 is 1.29 bits per heavy atom. The molecule has 0 saturated carbocycles. The summed E-state index contributed by atoms with van der Waals surface area (Å²) in [7, 11) is 0. The molecule has 6 heteroatoms. The van der Waals surface area contributed by atoms with Gasteiger partial charge in [0.15, 0.2) is 0 Å². The molecule has 0 aromatic heterocycles. The largest absolute Gasteiger partial charge is 0.379 e. The minimum absolute atomic E-state index is 0.578. The molecule has 0 N–H and O–H groups in total. The second kappa shape index (κ2) is 24.8. The molecule has 1 atom stereocenters. The van der Waals surface area contributed by atoms with Gasteiger partial charge in [0.1, 0.15) is 0 Å². The molecule has 0 rings (SSSR count). The van der Waals surface area contributed by atoms with Crippen molar-refractivity contribution >= 4 is 0 Å². The van der Waals surface area contributed by atoms with Gasteiger partial charge in [-0.05, 0) is 12.3 Å². The maximum atomic E-state index is 5.54. The van der Waals surface area contributed by atoms with Gasteiger partial charge in [-0.3, -0.25) is 0 Å². The summed E-state index contributed by atoms with van der Waals surface area (Å²) in [5.74, 6) is 0.618. The average Bonchev–Trinajstić information content (AvgIpc) is 2.71. The topological polar surface area (TPSA) is 55.4 Å². The highest BCUT2D eigenvalue weighted by atomic mass is 16.6. The molecule has 170 valence electrons. The number of hydrogen-bond donors (Lipinski definition) is 0. The zero-order valence-corrected chi connectivity index (χ0v) is 18.8. The summed E-state index contributed by atoms with van der Waals surface area (Å²) in [6, 6.07) is 0. The first kappa shape index (κ1) is 27.8. The van der Waals surface area contributed by atoms with E-state index < -0.39 is 0 Å². The van der Waals surface area contributed by atoms with Gasteiger partial charge in [0.25, 0.3) is 0 Å². The third kappa shape index (κ3) is 23.8. The lowest BCUT2D eigenvalue weighted by molar-refractivity contribution is -0.0182. The van der Waals surface area contributed by atoms with Gasteiger partial charge in [-0.15, -0.1) is 0 Å². The molecule has 0 aromatic rings. The summed E-state index contributed by atoms with van der Waals surface area (Å²) in [6.07, 6.45) is 7.50. The van der Waals surface area contributed by atoms with E-state index in [0.29, 0.717) is 72.0 Å². The Labute approximate surface area is 173 Å². The van der Waals surface area contributed by atoms with Gasteiger partial charge in [-0.25, -0.2) is 0 Å². The minimum Gasteiger partial charge on any atom is -0.379 e. The molecule has 0 aliphatic carbocycles. The molecule has 0 heterocycles. The summed E-state index contributed by atoms with van der Waals surface area (Å²) in [5.41, 5.74) is 0. The monoisotopic (exact) mass is 406 g/mol. The predicted octanol–water partition coefficient (Wildman–Crippen LogP) is 4.10. The number of hydrogen-bond acceptors (Lipinski definition) is 6. The normalized spacial score (nSPS) is 12.5. The van der Waals surface area contributed by atoms with Crippen LogP contribution in [0, 0.1) is 5.92 Å². The fourth-order valence-corrected chi connectivity index (χ4v) is 2.31. The lowest BCUT2D eigenvalue weighted by atomic mass is 10.1. The van der Waals surface area contributed by atoms with Crippen molar-refractivity contribution in [3.05, 3.63) is 0 Å². The van der Waals surface area contributed by atoms with E-state index in [1.807, 2.05) is 0 Å². The number of ether oxygens (including phenoxy) is 6. The Hall–Kier alpha value is -0.240. The van der Waals surface area contributed by atoms with Crippen LogP contribution in [-0.2, 0) is 28.4 Å². The molecule has 0 bridgehead atoms. The molecule has 0 saturated heterocycles. The van der Waals surface area contributed by atoms with E-state index in [9.17, 15) is 0 Å². The first-order chi connectivity index (χ1) is 13.8. The zero-order valence-electron chi connectivity index (χ0n) is 18.8. The van der Waals surface area contributed by atoms with Gasteiger partial charge >= 0.3 is 0 Å². The van der Waals surface area contributed by atoms with Gasteiger partial charge in [0.05, 0.1) is 66.1 Å². The van der Waals surface area contributed by atoms with E-state index in [1.165, 1.54) is 25.7 Å². The highest BCUT2D eigenvalue weighted by Gasteiger charge is 1.98. The fourth-order valence-electron chi connectivity index (χ4n) is 2.31. The van der Waals surface area contributed by atoms with Crippen molar-refractivity contribution in [1.82, 2.24) is 0 Å². The molecule has 0 fully saturated rings. The third-order valence-corrected chi connectivity index (χ3v) is 4.35. The highest BCUT2D eigenvalue weighted by molar-refractivity contribution is 4.46. The molecule has 0 aliphatic rings. The van der Waals surface area contributed by atoms with Gasteiger partial charge < -0.3 is 28.4 Å². The minimum atomic E-state index is 0.578. The van der Waals surface area contributed by atoms with Crippen LogP contribution in [0.5, 0.6) is 0 Å². The summed E-state index contributed by atoms with van der Waals surface area (Å²) in [6.45, 7) is 14.3. The Morgan fingerprint density at radius 2 is 0.857 bits per heavy atom. The first-order valence-corrected chi connectivity index (χ1v) is 11.3. The van der Waals surface area contributed by atoms with Crippen LogP contribution in [-0.4, -0.2) is 79.3 Å². The Morgan fingerprint density at radius 1 is 0.464 bits per heavy atom. The van der Waals surface area contributed by atoms with Crippen LogP contribution in [0.1, 0.15) is 59.3 Å².